The molecule has 13 rings (SSSR count). The molecule has 0 N–H and O–H groups in total. The van der Waals surface area contributed by atoms with Crippen molar-refractivity contribution in [3.63, 3.8) is 0 Å². The number of benzene rings is 11. The summed E-state index contributed by atoms with van der Waals surface area (Å²) in [4.78, 5) is 2.43. The molecular weight excluding hydrogens is 929 g/mol. The van der Waals surface area contributed by atoms with Crippen LogP contribution in [0, 0.1) is 0 Å². The zero-order valence-corrected chi connectivity index (χ0v) is 43.5. The molecule has 11 aromatic carbocycles. The highest BCUT2D eigenvalue weighted by molar-refractivity contribution is 5.99. The van der Waals surface area contributed by atoms with Crippen LogP contribution in [0.4, 0.5) is 17.1 Å². The van der Waals surface area contributed by atoms with Crippen molar-refractivity contribution in [1.29, 1.82) is 0 Å². The molecule has 0 radical (unpaired) electrons. The minimum absolute atomic E-state index is 0.530. The lowest BCUT2D eigenvalue weighted by atomic mass is 9.67. The Labute approximate surface area is 453 Å². The van der Waals surface area contributed by atoms with Crippen molar-refractivity contribution in [3.05, 3.63) is 326 Å². The number of para-hydroxylation sites is 2. The molecule has 0 bridgehead atoms. The van der Waals surface area contributed by atoms with E-state index in [1.54, 1.807) is 0 Å². The van der Waals surface area contributed by atoms with Crippen molar-refractivity contribution >= 4 is 40.1 Å². The quantitative estimate of drug-likeness (QED) is 0.118. The molecule has 0 fully saturated rings. The standard InChI is InChI=1S/C73H52N2.C2H6/c1-3-63-67-49-54(41-44-72(67)75(70(63)4-2)62-47-56(51-25-10-5-11-26-51)46-57(48-62)52-27-12-6-13-28-52)53-29-24-30-55(45-53)64-37-21-23-40-71(64)74(60-35-18-9-19-36-60)61-42-43-66-65-38-20-22-39-68(65)73(69(66)50-61,58-31-14-7-15-32-58)59-33-16-8-17-34-59;1-2/h3-50H,1-2H2;1-2H3. The number of fused-ring (bicyclic) bond motifs is 4. The van der Waals surface area contributed by atoms with E-state index in [0.29, 0.717) is 0 Å². The van der Waals surface area contributed by atoms with Gasteiger partial charge in [-0.15, -0.1) is 0 Å². The van der Waals surface area contributed by atoms with Crippen LogP contribution in [0.5, 0.6) is 0 Å². The predicted molar refractivity (Wildman–Crippen MR) is 329 cm³/mol. The molecule has 77 heavy (non-hydrogen) atoms. The second-order valence-corrected chi connectivity index (χ2v) is 19.3. The molecule has 2 heteroatoms. The van der Waals surface area contributed by atoms with Crippen LogP contribution >= 0.6 is 0 Å². The van der Waals surface area contributed by atoms with Gasteiger partial charge in [-0.1, -0.05) is 245 Å². The summed E-state index contributed by atoms with van der Waals surface area (Å²) < 4.78 is 2.34. The summed E-state index contributed by atoms with van der Waals surface area (Å²) >= 11 is 0. The maximum atomic E-state index is 4.36. The van der Waals surface area contributed by atoms with Gasteiger partial charge >= 0.3 is 0 Å². The Hall–Kier alpha value is -9.76. The van der Waals surface area contributed by atoms with Gasteiger partial charge in [-0.3, -0.25) is 0 Å². The van der Waals surface area contributed by atoms with Crippen LogP contribution < -0.4 is 4.90 Å². The van der Waals surface area contributed by atoms with Crippen molar-refractivity contribution < 1.29 is 0 Å². The third kappa shape index (κ3) is 8.41. The summed E-state index contributed by atoms with van der Waals surface area (Å²) in [7, 11) is 0. The third-order valence-corrected chi connectivity index (χ3v) is 15.2. The number of anilines is 3. The highest BCUT2D eigenvalue weighted by Gasteiger charge is 2.46. The molecule has 1 heterocycles. The van der Waals surface area contributed by atoms with Crippen molar-refractivity contribution in [2.75, 3.05) is 4.90 Å². The van der Waals surface area contributed by atoms with E-state index in [0.717, 1.165) is 78.3 Å². The summed E-state index contributed by atoms with van der Waals surface area (Å²) in [5.74, 6) is 0. The SMILES string of the molecule is C=Cc1c(C=C)n(-c2cc(-c3ccccc3)cc(-c3ccccc3)c2)c2ccc(-c3cccc(-c4ccccc4N(c4ccccc4)c4ccc5c(c4)C(c4ccccc4)(c4ccccc4)c4ccccc4-5)c3)cc12.CC. The monoisotopic (exact) mass is 986 g/mol. The largest absolute Gasteiger partial charge is 0.310 e. The molecule has 0 amide bonds. The second kappa shape index (κ2) is 20.9. The van der Waals surface area contributed by atoms with Gasteiger partial charge in [-0.25, -0.2) is 0 Å². The highest BCUT2D eigenvalue weighted by atomic mass is 15.1. The lowest BCUT2D eigenvalue weighted by molar-refractivity contribution is 0.768. The number of hydrogen-bond acceptors (Lipinski definition) is 1. The van der Waals surface area contributed by atoms with E-state index in [1.165, 1.54) is 44.5 Å². The van der Waals surface area contributed by atoms with E-state index in [4.69, 9.17) is 0 Å². The van der Waals surface area contributed by atoms with E-state index in [-0.39, 0.29) is 0 Å². The van der Waals surface area contributed by atoms with Crippen LogP contribution in [0.25, 0.3) is 84.4 Å². The first-order valence-corrected chi connectivity index (χ1v) is 26.7. The molecule has 1 aromatic heterocycles. The van der Waals surface area contributed by atoms with E-state index >= 15 is 0 Å². The summed E-state index contributed by atoms with van der Waals surface area (Å²) in [6.07, 6.45) is 3.94. The van der Waals surface area contributed by atoms with Gasteiger partial charge in [0, 0.05) is 33.6 Å². The Kier molecular flexibility index (Phi) is 13.1. The number of nitrogens with zero attached hydrogens (tertiary/aromatic N) is 2. The molecule has 368 valence electrons. The molecule has 0 saturated heterocycles. The zero-order chi connectivity index (χ0) is 52.3. The summed E-state index contributed by atoms with van der Waals surface area (Å²) in [5.41, 5.74) is 23.6. The van der Waals surface area contributed by atoms with Gasteiger partial charge in [-0.2, -0.15) is 0 Å². The summed E-state index contributed by atoms with van der Waals surface area (Å²) in [5, 5.41) is 1.12. The van der Waals surface area contributed by atoms with Gasteiger partial charge in [0.2, 0.25) is 0 Å². The fourth-order valence-electron chi connectivity index (χ4n) is 11.9. The Morgan fingerprint density at radius 2 is 0.870 bits per heavy atom. The van der Waals surface area contributed by atoms with Crippen molar-refractivity contribution in [2.24, 2.45) is 0 Å². The van der Waals surface area contributed by atoms with Crippen LogP contribution in [0.1, 0.15) is 47.4 Å². The van der Waals surface area contributed by atoms with Crippen molar-refractivity contribution in [2.45, 2.75) is 19.3 Å². The van der Waals surface area contributed by atoms with E-state index in [1.807, 2.05) is 26.0 Å². The number of aromatic nitrogens is 1. The van der Waals surface area contributed by atoms with Gasteiger partial charge in [0.05, 0.1) is 22.3 Å². The molecule has 1 aliphatic carbocycles. The molecule has 0 saturated carbocycles. The van der Waals surface area contributed by atoms with Gasteiger partial charge in [0.25, 0.3) is 0 Å². The predicted octanol–water partition coefficient (Wildman–Crippen LogP) is 20.4. The minimum atomic E-state index is -0.530. The number of rotatable bonds is 12. The maximum Gasteiger partial charge on any atom is 0.0714 e. The molecule has 0 unspecified atom stereocenters. The lowest BCUT2D eigenvalue weighted by Crippen LogP contribution is -2.28. The van der Waals surface area contributed by atoms with Crippen LogP contribution in [0.3, 0.4) is 0 Å². The van der Waals surface area contributed by atoms with Crippen molar-refractivity contribution in [3.8, 4) is 61.3 Å². The van der Waals surface area contributed by atoms with Gasteiger partial charge in [0.15, 0.2) is 0 Å². The fourth-order valence-corrected chi connectivity index (χ4v) is 11.9. The Balaban J connectivity index is 0.00000295. The molecule has 0 spiro atoms. The molecule has 1 aliphatic rings. The fraction of sp³-hybridized carbons (Fsp3) is 0.0400. The maximum absolute atomic E-state index is 4.36. The zero-order valence-electron chi connectivity index (χ0n) is 43.5. The second-order valence-electron chi connectivity index (χ2n) is 19.3. The van der Waals surface area contributed by atoms with Crippen molar-refractivity contribution in [1.82, 2.24) is 4.57 Å². The third-order valence-electron chi connectivity index (χ3n) is 15.2. The van der Waals surface area contributed by atoms with E-state index in [9.17, 15) is 0 Å². The van der Waals surface area contributed by atoms with Crippen LogP contribution in [-0.4, -0.2) is 4.57 Å². The first kappa shape index (κ1) is 48.2. The van der Waals surface area contributed by atoms with Gasteiger partial charge in [-0.05, 0) is 145 Å². The van der Waals surface area contributed by atoms with Crippen LogP contribution in [-0.2, 0) is 5.41 Å². The Morgan fingerprint density at radius 3 is 1.49 bits per heavy atom. The molecule has 12 aromatic rings. The molecule has 2 nitrogen and oxygen atoms in total. The first-order chi connectivity index (χ1) is 38.1. The van der Waals surface area contributed by atoms with Gasteiger partial charge in [0.1, 0.15) is 0 Å². The summed E-state index contributed by atoms with van der Waals surface area (Å²) in [6.45, 7) is 12.7. The highest BCUT2D eigenvalue weighted by Crippen LogP contribution is 2.57. The smallest absolute Gasteiger partial charge is 0.0714 e. The van der Waals surface area contributed by atoms with E-state index < -0.39 is 5.41 Å². The van der Waals surface area contributed by atoms with Crippen LogP contribution in [0.2, 0.25) is 0 Å². The molecule has 0 atom stereocenters. The van der Waals surface area contributed by atoms with Crippen LogP contribution in [0.15, 0.2) is 292 Å². The number of hydrogen-bond donors (Lipinski definition) is 0. The lowest BCUT2D eigenvalue weighted by Gasteiger charge is -2.35. The Morgan fingerprint density at radius 1 is 0.364 bits per heavy atom. The summed E-state index contributed by atoms with van der Waals surface area (Å²) in [6, 6.07) is 102. The molecule has 0 aliphatic heterocycles. The topological polar surface area (TPSA) is 8.17 Å². The first-order valence-electron chi connectivity index (χ1n) is 26.7. The normalized spacial score (nSPS) is 12.0. The average molecular weight is 987 g/mol. The minimum Gasteiger partial charge on any atom is -0.310 e. The average Bonchev–Trinajstić information content (AvgIpc) is 4.08. The van der Waals surface area contributed by atoms with E-state index in [2.05, 4.69) is 302 Å². The van der Waals surface area contributed by atoms with Gasteiger partial charge < -0.3 is 9.47 Å². The Bertz CT molecular complexity index is 3980. The molecular formula is C75H58N2.